The van der Waals surface area contributed by atoms with Crippen LogP contribution in [0, 0.1) is 0 Å². The molecule has 32 heavy (non-hydrogen) atoms. The number of aromatic hydroxyl groups is 1. The molecule has 8 heteroatoms. The van der Waals surface area contributed by atoms with Gasteiger partial charge < -0.3 is 14.7 Å². The molecule has 0 aliphatic carbocycles. The molecule has 174 valence electrons. The van der Waals surface area contributed by atoms with Crippen LogP contribution in [0.3, 0.4) is 0 Å². The number of amides is 3. The van der Waals surface area contributed by atoms with Crippen molar-refractivity contribution in [3.8, 4) is 5.75 Å². The Hall–Kier alpha value is -2.32. The van der Waals surface area contributed by atoms with Gasteiger partial charge in [-0.15, -0.1) is 0 Å². The van der Waals surface area contributed by atoms with E-state index in [1.54, 1.807) is 11.0 Å². The summed E-state index contributed by atoms with van der Waals surface area (Å²) in [7, 11) is 0. The van der Waals surface area contributed by atoms with Gasteiger partial charge in [0.25, 0.3) is 11.1 Å². The zero-order valence-corrected chi connectivity index (χ0v) is 20.5. The number of ether oxygens (including phenoxy) is 1. The van der Waals surface area contributed by atoms with Crippen molar-refractivity contribution in [1.82, 2.24) is 9.80 Å². The summed E-state index contributed by atoms with van der Waals surface area (Å²) in [5, 5.41) is 10.4. The Bertz CT molecular complexity index is 931. The Morgan fingerprint density at radius 3 is 2.09 bits per heavy atom. The number of carbonyl (C=O) groups excluding carboxylic acids is 3. The number of carbonyl (C=O) groups is 3. The van der Waals surface area contributed by atoms with E-state index in [-0.39, 0.29) is 33.9 Å². The lowest BCUT2D eigenvalue weighted by atomic mass is 9.78. The summed E-state index contributed by atoms with van der Waals surface area (Å²) in [6, 6.07) is 3.72. The minimum atomic E-state index is -0.468. The lowest BCUT2D eigenvalue weighted by molar-refractivity contribution is -0.139. The van der Waals surface area contributed by atoms with Crippen molar-refractivity contribution in [2.45, 2.75) is 52.4 Å². The monoisotopic (exact) mass is 460 g/mol. The van der Waals surface area contributed by atoms with Gasteiger partial charge in [0.05, 0.1) is 18.1 Å². The number of thioether (sulfide) groups is 1. The minimum Gasteiger partial charge on any atom is -0.507 e. The number of imide groups is 1. The summed E-state index contributed by atoms with van der Waals surface area (Å²) in [5.41, 5.74) is 1.67. The molecule has 0 radical (unpaired) electrons. The summed E-state index contributed by atoms with van der Waals surface area (Å²) in [6.45, 7) is 13.7. The zero-order valence-electron chi connectivity index (χ0n) is 19.7. The fourth-order valence-electron chi connectivity index (χ4n) is 3.72. The predicted molar refractivity (Wildman–Crippen MR) is 126 cm³/mol. The highest BCUT2D eigenvalue weighted by Crippen LogP contribution is 2.41. The molecule has 1 N–H and O–H groups in total. The standard InChI is InChI=1S/C24H32N2O5S/c1-23(2,3)16-11-15(12-17(20(16)28)24(4,5)6)13-18-21(29)26(22(30)32-18)14-19(27)25-7-9-31-10-8-25/h11-13,28H,7-10,14H2,1-6H3/b18-13+. The van der Waals surface area contributed by atoms with E-state index in [0.29, 0.717) is 26.3 Å². The van der Waals surface area contributed by atoms with Crippen LogP contribution in [0.2, 0.25) is 0 Å². The molecule has 1 aromatic rings. The van der Waals surface area contributed by atoms with E-state index >= 15 is 0 Å². The Kier molecular flexibility index (Phi) is 6.77. The van der Waals surface area contributed by atoms with Crippen molar-refractivity contribution in [1.29, 1.82) is 0 Å². The topological polar surface area (TPSA) is 87.2 Å². The fraction of sp³-hybridized carbons (Fsp3) is 0.542. The van der Waals surface area contributed by atoms with E-state index in [0.717, 1.165) is 33.4 Å². The molecule has 2 fully saturated rings. The first-order valence-corrected chi connectivity index (χ1v) is 11.6. The molecule has 0 saturated carbocycles. The summed E-state index contributed by atoms with van der Waals surface area (Å²) in [6.07, 6.45) is 1.67. The molecule has 2 saturated heterocycles. The highest BCUT2D eigenvalue weighted by atomic mass is 32.2. The van der Waals surface area contributed by atoms with Gasteiger partial charge >= 0.3 is 0 Å². The highest BCUT2D eigenvalue weighted by Gasteiger charge is 2.37. The Morgan fingerprint density at radius 2 is 1.59 bits per heavy atom. The van der Waals surface area contributed by atoms with Crippen molar-refractivity contribution in [3.63, 3.8) is 0 Å². The van der Waals surface area contributed by atoms with E-state index in [9.17, 15) is 19.5 Å². The Balaban J connectivity index is 1.90. The molecule has 7 nitrogen and oxygen atoms in total. The molecule has 1 aromatic carbocycles. The molecule has 0 spiro atoms. The maximum atomic E-state index is 12.9. The third-order valence-corrected chi connectivity index (χ3v) is 6.48. The zero-order chi connectivity index (χ0) is 23.8. The summed E-state index contributed by atoms with van der Waals surface area (Å²) < 4.78 is 5.25. The average molecular weight is 461 g/mol. The van der Waals surface area contributed by atoms with Crippen LogP contribution in [0.1, 0.15) is 58.2 Å². The van der Waals surface area contributed by atoms with E-state index in [1.807, 2.05) is 53.7 Å². The minimum absolute atomic E-state index is 0.256. The first-order chi connectivity index (χ1) is 14.8. The number of hydrogen-bond donors (Lipinski definition) is 1. The van der Waals surface area contributed by atoms with Crippen molar-refractivity contribution in [2.24, 2.45) is 0 Å². The Morgan fingerprint density at radius 1 is 1.06 bits per heavy atom. The van der Waals surface area contributed by atoms with Gasteiger partial charge in [-0.3, -0.25) is 19.3 Å². The van der Waals surface area contributed by atoms with Crippen LogP contribution in [0.5, 0.6) is 5.75 Å². The van der Waals surface area contributed by atoms with Gasteiger partial charge in [-0.1, -0.05) is 41.5 Å². The van der Waals surface area contributed by atoms with E-state index in [4.69, 9.17) is 4.74 Å². The van der Waals surface area contributed by atoms with Crippen LogP contribution in [-0.4, -0.2) is 64.8 Å². The number of phenols is 1. The molecular formula is C24H32N2O5S. The third-order valence-electron chi connectivity index (χ3n) is 5.58. The molecule has 2 aliphatic heterocycles. The van der Waals surface area contributed by atoms with Crippen molar-refractivity contribution in [3.05, 3.63) is 33.7 Å². The fourth-order valence-corrected chi connectivity index (χ4v) is 4.56. The molecule has 3 amide bonds. The van der Waals surface area contributed by atoms with Crippen LogP contribution >= 0.6 is 11.8 Å². The second-order valence-electron chi connectivity index (χ2n) is 10.2. The third kappa shape index (κ3) is 5.18. The van der Waals surface area contributed by atoms with Crippen molar-refractivity contribution < 1.29 is 24.2 Å². The highest BCUT2D eigenvalue weighted by molar-refractivity contribution is 8.18. The van der Waals surface area contributed by atoms with Gasteiger partial charge in [0.2, 0.25) is 5.91 Å². The van der Waals surface area contributed by atoms with Crippen molar-refractivity contribution in [2.75, 3.05) is 32.8 Å². The van der Waals surface area contributed by atoms with Gasteiger partial charge in [-0.25, -0.2) is 0 Å². The second-order valence-corrected chi connectivity index (χ2v) is 11.2. The van der Waals surface area contributed by atoms with Crippen LogP contribution in [0.15, 0.2) is 17.0 Å². The van der Waals surface area contributed by atoms with Gasteiger partial charge in [-0.05, 0) is 46.4 Å². The van der Waals surface area contributed by atoms with E-state index in [2.05, 4.69) is 0 Å². The average Bonchev–Trinajstić information content (AvgIpc) is 2.95. The van der Waals surface area contributed by atoms with Gasteiger partial charge in [0.15, 0.2) is 0 Å². The smallest absolute Gasteiger partial charge is 0.294 e. The number of rotatable bonds is 3. The second kappa shape index (κ2) is 8.90. The number of morpholine rings is 1. The molecule has 0 atom stereocenters. The summed E-state index contributed by atoms with van der Waals surface area (Å²) in [5.74, 6) is -0.470. The van der Waals surface area contributed by atoms with Crippen LogP contribution in [0.4, 0.5) is 4.79 Å². The lowest BCUT2D eigenvalue weighted by Crippen LogP contribution is -2.46. The van der Waals surface area contributed by atoms with E-state index in [1.165, 1.54) is 0 Å². The number of phenolic OH excluding ortho intramolecular Hbond substituents is 1. The molecule has 2 heterocycles. The molecular weight excluding hydrogens is 428 g/mol. The predicted octanol–water partition coefficient (Wildman–Crippen LogP) is 3.88. The van der Waals surface area contributed by atoms with Crippen molar-refractivity contribution >= 4 is 34.9 Å². The van der Waals surface area contributed by atoms with Gasteiger partial charge in [0, 0.05) is 24.2 Å². The SMILES string of the molecule is CC(C)(C)c1cc(/C=C2/SC(=O)N(CC(=O)N3CCOCC3)C2=O)cc(C(C)(C)C)c1O. The van der Waals surface area contributed by atoms with Crippen LogP contribution in [-0.2, 0) is 25.2 Å². The lowest BCUT2D eigenvalue weighted by Gasteiger charge is -2.28. The molecule has 0 aromatic heterocycles. The summed E-state index contributed by atoms with van der Waals surface area (Å²) >= 11 is 0.837. The maximum absolute atomic E-state index is 12.9. The van der Waals surface area contributed by atoms with Gasteiger partial charge in [-0.2, -0.15) is 0 Å². The molecule has 0 unspecified atom stereocenters. The first kappa shape index (κ1) is 24.3. The largest absolute Gasteiger partial charge is 0.507 e. The molecule has 3 rings (SSSR count). The number of hydrogen-bond acceptors (Lipinski definition) is 6. The number of benzene rings is 1. The van der Waals surface area contributed by atoms with E-state index < -0.39 is 11.1 Å². The molecule has 0 bridgehead atoms. The molecule has 2 aliphatic rings. The Labute approximate surface area is 193 Å². The number of nitrogens with zero attached hydrogens (tertiary/aromatic N) is 2. The van der Waals surface area contributed by atoms with Crippen LogP contribution in [0.25, 0.3) is 6.08 Å². The quantitative estimate of drug-likeness (QED) is 0.689. The first-order valence-electron chi connectivity index (χ1n) is 10.8. The summed E-state index contributed by atoms with van der Waals surface area (Å²) in [4.78, 5) is 40.9. The normalized spacial score (nSPS) is 19.2. The van der Waals surface area contributed by atoms with Crippen LogP contribution < -0.4 is 0 Å². The van der Waals surface area contributed by atoms with Gasteiger partial charge in [0.1, 0.15) is 12.3 Å². The maximum Gasteiger partial charge on any atom is 0.294 e.